The van der Waals surface area contributed by atoms with Crippen molar-refractivity contribution >= 4 is 46.8 Å². The maximum atomic E-state index is 11.6. The molecule has 7 saturated heterocycles. The number of rotatable bonds is 23. The van der Waals surface area contributed by atoms with Crippen molar-refractivity contribution in [2.24, 2.45) is 64.7 Å². The lowest BCUT2D eigenvalue weighted by atomic mass is 10.1. The Bertz CT molecular complexity index is 2100. The van der Waals surface area contributed by atoms with Crippen LogP contribution in [0, 0.1) is 53.3 Å². The summed E-state index contributed by atoms with van der Waals surface area (Å²) in [6.07, 6.45) is 6.16. The lowest BCUT2D eigenvalue weighted by molar-refractivity contribution is -0.135. The number of aliphatic hydroxyl groups excluding tert-OH is 1. The Morgan fingerprint density at radius 3 is 0.901 bits per heavy atom. The molecule has 7 heterocycles. The van der Waals surface area contributed by atoms with Gasteiger partial charge in [0.15, 0.2) is 0 Å². The van der Waals surface area contributed by atoms with Gasteiger partial charge in [-0.05, 0) is 69.7 Å². The monoisotopic (exact) mass is 1600 g/mol. The molecule has 0 unspecified atom stereocenters. The Labute approximate surface area is 688 Å². The highest BCUT2D eigenvalue weighted by Gasteiger charge is 2.22. The minimum atomic E-state index is 0. The molecule has 25 nitrogen and oxygen atoms in total. The van der Waals surface area contributed by atoms with E-state index < -0.39 is 0 Å². The van der Waals surface area contributed by atoms with Crippen molar-refractivity contribution in [3.05, 3.63) is 0 Å². The van der Waals surface area contributed by atoms with Crippen LogP contribution in [0.15, 0.2) is 0 Å². The summed E-state index contributed by atoms with van der Waals surface area (Å²) >= 11 is 0. The first kappa shape index (κ1) is 130. The second kappa shape index (κ2) is 82.6. The summed E-state index contributed by atoms with van der Waals surface area (Å²) in [5.41, 5.74) is 10.2. The summed E-state index contributed by atoms with van der Waals surface area (Å²) in [5.74, 6) is 5.15. The van der Waals surface area contributed by atoms with Crippen LogP contribution < -0.4 is 43.4 Å². The van der Waals surface area contributed by atoms with Gasteiger partial charge in [-0.15, -0.1) is 0 Å². The predicted molar refractivity (Wildman–Crippen MR) is 481 cm³/mol. The minimum absolute atomic E-state index is 0. The third-order valence-corrected chi connectivity index (χ3v) is 17.9. The first-order valence-corrected chi connectivity index (χ1v) is 39.7. The molecule has 0 atom stereocenters. The molecular formula is C86H194N16O9. The van der Waals surface area contributed by atoms with Crippen molar-refractivity contribution in [1.82, 2.24) is 71.1 Å². The fourth-order valence-electron chi connectivity index (χ4n) is 11.1. The number of Topliss-reactive ketones (excluding diaryl/α,β-unsaturated/α-hetero) is 4. The topological polar surface area (TPSA) is 307 Å². The molecular weight excluding hydrogens is 1400 g/mol. The highest BCUT2D eigenvalue weighted by atomic mass is 16.3. The third kappa shape index (κ3) is 72.3. The molecule has 4 amide bonds. The van der Waals surface area contributed by atoms with E-state index in [1.165, 1.54) is 32.5 Å². The molecule has 0 aromatic heterocycles. The molecule has 672 valence electrons. The molecule has 0 bridgehead atoms. The van der Waals surface area contributed by atoms with Crippen LogP contribution in [0.4, 0.5) is 0 Å². The maximum absolute atomic E-state index is 11.6. The predicted octanol–water partition coefficient (Wildman–Crippen LogP) is 9.58. The lowest BCUT2D eigenvalue weighted by Crippen LogP contribution is -2.47. The van der Waals surface area contributed by atoms with Crippen LogP contribution in [0.5, 0.6) is 0 Å². The van der Waals surface area contributed by atoms with Gasteiger partial charge in [0, 0.05) is 238 Å². The SMILES string of the molecule is C.C.C.C.C.C.C.C.C.CC(C)C(=O)CCN.CC(C)C(=O)CCN1CCNCC1.CC(C)C(=O)CN.CC(C)C(=O)CN1CCNCC1.CC(C)C(=O)N1CCNCC1.CC(C)C(=O)N1CCNCC1.CC(C)CC(=O)N1CCNCC1.CC(C)CCC(=O)N1CCNCC1.CC(C)CN1CCCN(CCO)CCC1. The number of β-amino-alcohol motifs (C(OH)–C–C–N with tert-alkyl or cyclic N) is 1. The highest BCUT2D eigenvalue weighted by molar-refractivity contribution is 5.83. The zero-order valence-electron chi connectivity index (χ0n) is 68.3. The number of aliphatic hydroxyl groups is 1. The molecule has 0 aliphatic carbocycles. The van der Waals surface area contributed by atoms with Gasteiger partial charge in [0.05, 0.1) is 19.7 Å². The Balaban J connectivity index is -0.000000112. The molecule has 0 aromatic rings. The van der Waals surface area contributed by atoms with Crippen molar-refractivity contribution in [2.75, 3.05) is 229 Å². The van der Waals surface area contributed by atoms with Gasteiger partial charge in [0.2, 0.25) is 23.6 Å². The van der Waals surface area contributed by atoms with Crippen LogP contribution in [0.3, 0.4) is 0 Å². The van der Waals surface area contributed by atoms with E-state index in [1.54, 1.807) is 0 Å². The first-order chi connectivity index (χ1) is 48.3. The maximum Gasteiger partial charge on any atom is 0.225 e. The van der Waals surface area contributed by atoms with Gasteiger partial charge < -0.3 is 82.8 Å². The highest BCUT2D eigenvalue weighted by Crippen LogP contribution is 2.11. The van der Waals surface area contributed by atoms with E-state index in [-0.39, 0.29) is 132 Å². The van der Waals surface area contributed by atoms with Crippen LogP contribution in [0.25, 0.3) is 0 Å². The Morgan fingerprint density at radius 2 is 0.622 bits per heavy atom. The molecule has 0 saturated carbocycles. The average molecular weight is 1600 g/mol. The van der Waals surface area contributed by atoms with Crippen LogP contribution in [0.2, 0.25) is 0 Å². The molecule has 111 heavy (non-hydrogen) atoms. The number of piperazine rings is 6. The summed E-state index contributed by atoms with van der Waals surface area (Å²) in [5, 5.41) is 28.4. The second-order valence-electron chi connectivity index (χ2n) is 30.8. The van der Waals surface area contributed by atoms with E-state index >= 15 is 0 Å². The number of hydrogen-bond donors (Lipinski definition) is 9. The molecule has 0 radical (unpaired) electrons. The van der Waals surface area contributed by atoms with Crippen molar-refractivity contribution in [3.63, 3.8) is 0 Å². The van der Waals surface area contributed by atoms with Crippen molar-refractivity contribution in [2.45, 2.75) is 236 Å². The number of amides is 4. The van der Waals surface area contributed by atoms with E-state index in [1.807, 2.05) is 103 Å². The molecule has 7 aliphatic heterocycles. The summed E-state index contributed by atoms with van der Waals surface area (Å²) < 4.78 is 0. The average Bonchev–Trinajstić information content (AvgIpc) is 0.752. The standard InChI is InChI=1S/C12H26N2O.2C10H20N2O.2C9H18N2O.2C8H16N2O.C6H13NO.C5H11NO.9CH4/c1-12(2)11-14-7-3-5-13(9-10-15)6-4-8-14;1-9(2)10(13)3-6-12-7-4-11-5-8-12;1-9(2)3-4-10(13)12-7-5-11-6-8-12;1-8(2)9(12)7-11-5-3-10-4-6-11;1-8(2)7-9(12)11-5-3-10-4-6-11;2*1-7(2)8(11)10-5-3-9-4-6-10;1-5(2)6(8)3-4-7;1-4(2)5(7)3-6;;;;;;;;;/h12,15H,3-11H2,1-2H3;2*9,11H,3-8H2,1-2H3;2*8,10H,3-7H2,1-2H3;2*7,9H,3-6H2,1-2H3;5H,3-4,7H2,1-2H3;4H,3,6H2,1-2H3;9*1H4. The molecule has 0 aromatic carbocycles. The third-order valence-electron chi connectivity index (χ3n) is 17.9. The number of ketones is 4. The van der Waals surface area contributed by atoms with Crippen molar-refractivity contribution in [3.8, 4) is 0 Å². The summed E-state index contributed by atoms with van der Waals surface area (Å²) in [6.45, 7) is 68.5. The largest absolute Gasteiger partial charge is 0.395 e. The number of carbonyl (C=O) groups excluding carboxylic acids is 8. The van der Waals surface area contributed by atoms with E-state index in [4.69, 9.17) is 16.6 Å². The fraction of sp³-hybridized carbons (Fsp3) is 0.907. The van der Waals surface area contributed by atoms with Gasteiger partial charge >= 0.3 is 0 Å². The Kier molecular flexibility index (Phi) is 97.1. The summed E-state index contributed by atoms with van der Waals surface area (Å²) in [4.78, 5) is 107. The van der Waals surface area contributed by atoms with Crippen LogP contribution in [-0.2, 0) is 38.4 Å². The summed E-state index contributed by atoms with van der Waals surface area (Å²) in [6, 6.07) is 0. The fourth-order valence-corrected chi connectivity index (χ4v) is 11.1. The second-order valence-corrected chi connectivity index (χ2v) is 30.8. The van der Waals surface area contributed by atoms with Gasteiger partial charge in [-0.3, -0.25) is 43.3 Å². The van der Waals surface area contributed by atoms with Crippen LogP contribution in [-0.4, -0.2) is 320 Å². The lowest BCUT2D eigenvalue weighted by Gasteiger charge is -2.30. The molecule has 7 fully saturated rings. The number of nitrogens with two attached hydrogens (primary N) is 2. The van der Waals surface area contributed by atoms with Gasteiger partial charge in [0.25, 0.3) is 0 Å². The Hall–Kier alpha value is -3.96. The molecule has 11 N–H and O–H groups in total. The first-order valence-electron chi connectivity index (χ1n) is 39.7. The normalized spacial score (nSPS) is 16.5. The zero-order chi connectivity index (χ0) is 77.4. The quantitative estimate of drug-likeness (QED) is 0.0460. The van der Waals surface area contributed by atoms with Gasteiger partial charge in [0.1, 0.15) is 23.1 Å². The minimum Gasteiger partial charge on any atom is -0.395 e. The van der Waals surface area contributed by atoms with E-state index in [2.05, 4.69) is 93.0 Å². The van der Waals surface area contributed by atoms with E-state index in [0.717, 1.165) is 208 Å². The molecule has 7 aliphatic rings. The molecule has 0 spiro atoms. The number of nitrogens with zero attached hydrogens (tertiary/aromatic N) is 8. The van der Waals surface area contributed by atoms with Gasteiger partial charge in [-0.1, -0.05) is 191 Å². The number of carbonyl (C=O) groups is 8. The Morgan fingerprint density at radius 1 is 0.315 bits per heavy atom. The zero-order valence-corrected chi connectivity index (χ0v) is 68.3. The van der Waals surface area contributed by atoms with Crippen LogP contribution in [0.1, 0.15) is 236 Å². The number of nitrogens with one attached hydrogen (secondary N) is 6. The van der Waals surface area contributed by atoms with Gasteiger partial charge in [-0.2, -0.15) is 0 Å². The molecule has 7 rings (SSSR count). The van der Waals surface area contributed by atoms with Gasteiger partial charge in [-0.25, -0.2) is 0 Å². The molecule has 25 heteroatoms. The van der Waals surface area contributed by atoms with Crippen molar-refractivity contribution in [1.29, 1.82) is 0 Å². The van der Waals surface area contributed by atoms with Crippen LogP contribution >= 0.6 is 0 Å². The van der Waals surface area contributed by atoms with E-state index in [0.29, 0.717) is 67.8 Å². The smallest absolute Gasteiger partial charge is 0.225 e. The van der Waals surface area contributed by atoms with Crippen molar-refractivity contribution < 1.29 is 43.5 Å². The van der Waals surface area contributed by atoms with E-state index in [9.17, 15) is 38.4 Å². The summed E-state index contributed by atoms with van der Waals surface area (Å²) in [7, 11) is 0. The number of hydrogen-bond acceptors (Lipinski definition) is 21.